The van der Waals surface area contributed by atoms with Crippen molar-refractivity contribution in [1.29, 1.82) is 0 Å². The lowest BCUT2D eigenvalue weighted by Gasteiger charge is -2.18. The minimum absolute atomic E-state index is 0.0629. The van der Waals surface area contributed by atoms with Crippen LogP contribution in [0.1, 0.15) is 18.4 Å². The fourth-order valence-corrected chi connectivity index (χ4v) is 3.71. The molecule has 6 heteroatoms. The standard InChI is InChI=1S/C13H19ClN2O2S/c14-7-10-19(17,18)15-13-6-2-1-5-12(13)11-16-8-3-4-9-16/h1-2,5-6,15H,3-4,7-11H2. The molecule has 0 atom stereocenters. The summed E-state index contributed by atoms with van der Waals surface area (Å²) in [5, 5.41) is 0. The fourth-order valence-electron chi connectivity index (χ4n) is 2.26. The van der Waals surface area contributed by atoms with E-state index in [-0.39, 0.29) is 11.6 Å². The van der Waals surface area contributed by atoms with Crippen LogP contribution in [0.3, 0.4) is 0 Å². The quantitative estimate of drug-likeness (QED) is 0.820. The van der Waals surface area contributed by atoms with Gasteiger partial charge in [-0.1, -0.05) is 18.2 Å². The molecule has 0 bridgehead atoms. The Morgan fingerprint density at radius 1 is 1.21 bits per heavy atom. The van der Waals surface area contributed by atoms with E-state index < -0.39 is 10.0 Å². The summed E-state index contributed by atoms with van der Waals surface area (Å²) in [5.74, 6) is 0.0379. The third-order valence-electron chi connectivity index (χ3n) is 3.22. The number of para-hydroxylation sites is 1. The Hall–Kier alpha value is -0.780. The smallest absolute Gasteiger partial charge is 0.233 e. The monoisotopic (exact) mass is 302 g/mol. The molecule has 0 spiro atoms. The average molecular weight is 303 g/mol. The predicted octanol–water partition coefficient (Wildman–Crippen LogP) is 2.26. The molecule has 0 amide bonds. The first-order chi connectivity index (χ1) is 9.11. The van der Waals surface area contributed by atoms with Gasteiger partial charge < -0.3 is 0 Å². The molecule has 1 fully saturated rings. The predicted molar refractivity (Wildman–Crippen MR) is 79.1 cm³/mol. The molecular weight excluding hydrogens is 284 g/mol. The van der Waals surface area contributed by atoms with Crippen LogP contribution in [0.2, 0.25) is 0 Å². The van der Waals surface area contributed by atoms with E-state index in [1.54, 1.807) is 6.07 Å². The average Bonchev–Trinajstić information content (AvgIpc) is 2.84. The highest BCUT2D eigenvalue weighted by Crippen LogP contribution is 2.21. The molecule has 1 aliphatic heterocycles. The summed E-state index contributed by atoms with van der Waals surface area (Å²) in [6.45, 7) is 2.96. The Kier molecular flexibility index (Phi) is 5.07. The second-order valence-electron chi connectivity index (χ2n) is 4.75. The van der Waals surface area contributed by atoms with Crippen molar-refractivity contribution in [2.45, 2.75) is 19.4 Å². The van der Waals surface area contributed by atoms with Gasteiger partial charge in [-0.2, -0.15) is 0 Å². The number of likely N-dealkylation sites (tertiary alicyclic amines) is 1. The van der Waals surface area contributed by atoms with Gasteiger partial charge in [-0.25, -0.2) is 8.42 Å². The van der Waals surface area contributed by atoms with Gasteiger partial charge in [-0.05, 0) is 37.6 Å². The topological polar surface area (TPSA) is 49.4 Å². The van der Waals surface area contributed by atoms with Crippen molar-refractivity contribution in [3.63, 3.8) is 0 Å². The highest BCUT2D eigenvalue weighted by molar-refractivity contribution is 7.92. The summed E-state index contributed by atoms with van der Waals surface area (Å²) in [7, 11) is -3.34. The van der Waals surface area contributed by atoms with E-state index in [2.05, 4.69) is 9.62 Å². The minimum atomic E-state index is -3.34. The SMILES string of the molecule is O=S(=O)(CCCl)Nc1ccccc1CN1CCCC1. The lowest BCUT2D eigenvalue weighted by Crippen LogP contribution is -2.22. The molecule has 1 aromatic rings. The van der Waals surface area contributed by atoms with Gasteiger partial charge in [-0.3, -0.25) is 9.62 Å². The van der Waals surface area contributed by atoms with Crippen LogP contribution in [0.5, 0.6) is 0 Å². The molecule has 106 valence electrons. The summed E-state index contributed by atoms with van der Waals surface area (Å²) < 4.78 is 26.2. The van der Waals surface area contributed by atoms with Crippen molar-refractivity contribution in [2.24, 2.45) is 0 Å². The first kappa shape index (κ1) is 14.6. The first-order valence-electron chi connectivity index (χ1n) is 6.47. The maximum atomic E-state index is 11.8. The van der Waals surface area contributed by atoms with Crippen molar-refractivity contribution in [3.05, 3.63) is 29.8 Å². The largest absolute Gasteiger partial charge is 0.299 e. The molecule has 0 aliphatic carbocycles. The molecule has 1 aromatic carbocycles. The Labute approximate surface area is 119 Å². The molecule has 1 N–H and O–H groups in total. The van der Waals surface area contributed by atoms with Gasteiger partial charge in [-0.15, -0.1) is 11.6 Å². The van der Waals surface area contributed by atoms with Crippen LogP contribution < -0.4 is 4.72 Å². The van der Waals surface area contributed by atoms with Crippen LogP contribution in [-0.2, 0) is 16.6 Å². The lowest BCUT2D eigenvalue weighted by molar-refractivity contribution is 0.332. The number of anilines is 1. The Morgan fingerprint density at radius 3 is 2.58 bits per heavy atom. The summed E-state index contributed by atoms with van der Waals surface area (Å²) in [5.41, 5.74) is 1.68. The zero-order chi connectivity index (χ0) is 13.7. The Balaban J connectivity index is 2.11. The Bertz CT molecular complexity index is 513. The molecule has 4 nitrogen and oxygen atoms in total. The van der Waals surface area contributed by atoms with E-state index in [1.807, 2.05) is 18.2 Å². The summed E-state index contributed by atoms with van der Waals surface area (Å²) in [6, 6.07) is 7.55. The van der Waals surface area contributed by atoms with Gasteiger partial charge in [0, 0.05) is 12.4 Å². The van der Waals surface area contributed by atoms with E-state index in [0.29, 0.717) is 5.69 Å². The zero-order valence-corrected chi connectivity index (χ0v) is 12.4. The van der Waals surface area contributed by atoms with E-state index in [9.17, 15) is 8.42 Å². The van der Waals surface area contributed by atoms with Crippen molar-refractivity contribution in [1.82, 2.24) is 4.90 Å². The third-order valence-corrected chi connectivity index (χ3v) is 4.91. The molecule has 0 saturated carbocycles. The molecule has 2 rings (SSSR count). The van der Waals surface area contributed by atoms with Crippen LogP contribution in [0, 0.1) is 0 Å². The lowest BCUT2D eigenvalue weighted by atomic mass is 10.2. The molecule has 1 saturated heterocycles. The number of alkyl halides is 1. The van der Waals surface area contributed by atoms with Crippen LogP contribution in [0.25, 0.3) is 0 Å². The normalized spacial score (nSPS) is 16.7. The summed E-state index contributed by atoms with van der Waals surface area (Å²) in [4.78, 5) is 2.34. The maximum Gasteiger partial charge on any atom is 0.233 e. The van der Waals surface area contributed by atoms with Gasteiger partial charge in [0.25, 0.3) is 0 Å². The van der Waals surface area contributed by atoms with Gasteiger partial charge >= 0.3 is 0 Å². The number of halogens is 1. The molecule has 1 heterocycles. The van der Waals surface area contributed by atoms with Crippen LogP contribution in [0.15, 0.2) is 24.3 Å². The van der Waals surface area contributed by atoms with E-state index in [4.69, 9.17) is 11.6 Å². The zero-order valence-electron chi connectivity index (χ0n) is 10.8. The van der Waals surface area contributed by atoms with Gasteiger partial charge in [0.2, 0.25) is 10.0 Å². The molecule has 0 unspecified atom stereocenters. The van der Waals surface area contributed by atoms with Crippen molar-refractivity contribution in [3.8, 4) is 0 Å². The van der Waals surface area contributed by atoms with Crippen LogP contribution in [0.4, 0.5) is 5.69 Å². The Morgan fingerprint density at radius 2 is 1.89 bits per heavy atom. The van der Waals surface area contributed by atoms with Gasteiger partial charge in [0.15, 0.2) is 0 Å². The number of rotatable bonds is 6. The summed E-state index contributed by atoms with van der Waals surface area (Å²) >= 11 is 5.50. The number of sulfonamides is 1. The van der Waals surface area contributed by atoms with Gasteiger partial charge in [0.05, 0.1) is 11.4 Å². The third kappa shape index (κ3) is 4.37. The number of nitrogens with zero attached hydrogens (tertiary/aromatic N) is 1. The van der Waals surface area contributed by atoms with Crippen LogP contribution in [-0.4, -0.2) is 38.0 Å². The van der Waals surface area contributed by atoms with Crippen molar-refractivity contribution in [2.75, 3.05) is 29.4 Å². The van der Waals surface area contributed by atoms with E-state index >= 15 is 0 Å². The van der Waals surface area contributed by atoms with Crippen molar-refractivity contribution < 1.29 is 8.42 Å². The fraction of sp³-hybridized carbons (Fsp3) is 0.538. The molecule has 0 radical (unpaired) electrons. The second-order valence-corrected chi connectivity index (χ2v) is 6.97. The number of hydrogen-bond acceptors (Lipinski definition) is 3. The number of benzene rings is 1. The maximum absolute atomic E-state index is 11.8. The van der Waals surface area contributed by atoms with E-state index in [0.717, 1.165) is 25.2 Å². The minimum Gasteiger partial charge on any atom is -0.299 e. The first-order valence-corrected chi connectivity index (χ1v) is 8.66. The van der Waals surface area contributed by atoms with Gasteiger partial charge in [0.1, 0.15) is 0 Å². The highest BCUT2D eigenvalue weighted by atomic mass is 35.5. The molecule has 0 aromatic heterocycles. The van der Waals surface area contributed by atoms with Crippen LogP contribution >= 0.6 is 11.6 Å². The number of hydrogen-bond donors (Lipinski definition) is 1. The second kappa shape index (κ2) is 6.59. The molecule has 19 heavy (non-hydrogen) atoms. The molecule has 1 aliphatic rings. The van der Waals surface area contributed by atoms with E-state index in [1.165, 1.54) is 12.8 Å². The van der Waals surface area contributed by atoms with Crippen molar-refractivity contribution >= 4 is 27.3 Å². The number of nitrogens with one attached hydrogen (secondary N) is 1. The molecular formula is C13H19ClN2O2S. The summed E-state index contributed by atoms with van der Waals surface area (Å²) in [6.07, 6.45) is 2.44. The highest BCUT2D eigenvalue weighted by Gasteiger charge is 2.16.